The first-order chi connectivity index (χ1) is 5.56. The zero-order chi connectivity index (χ0) is 8.82. The molecular formula is C7H9NO2S2. The van der Waals surface area contributed by atoms with Crippen molar-refractivity contribution in [1.29, 1.82) is 0 Å². The van der Waals surface area contributed by atoms with Crippen LogP contribution in [-0.4, -0.2) is 8.42 Å². The smallest absolute Gasteiger partial charge is 0.219 e. The second-order valence-electron chi connectivity index (χ2n) is 3.02. The average Bonchev–Trinajstić information content (AvgIpc) is 2.61. The van der Waals surface area contributed by atoms with Crippen molar-refractivity contribution in [3.63, 3.8) is 0 Å². The summed E-state index contributed by atoms with van der Waals surface area (Å²) in [7, 11) is -3.40. The molecule has 1 aliphatic rings. The summed E-state index contributed by atoms with van der Waals surface area (Å²) in [5.41, 5.74) is 0. The van der Waals surface area contributed by atoms with Gasteiger partial charge in [0.05, 0.1) is 0 Å². The molecule has 1 fully saturated rings. The van der Waals surface area contributed by atoms with E-state index in [1.54, 1.807) is 0 Å². The summed E-state index contributed by atoms with van der Waals surface area (Å²) in [6.45, 7) is 0. The number of hydrogen-bond acceptors (Lipinski definition) is 3. The van der Waals surface area contributed by atoms with E-state index < -0.39 is 14.8 Å². The Bertz CT molecular complexity index is 376. The molecule has 5 heteroatoms. The third-order valence-corrected chi connectivity index (χ3v) is 5.14. The number of nitrogens with two attached hydrogens (primary N) is 1. The van der Waals surface area contributed by atoms with Gasteiger partial charge in [-0.1, -0.05) is 6.07 Å². The molecule has 0 aromatic carbocycles. The van der Waals surface area contributed by atoms with Gasteiger partial charge in [0.1, 0.15) is 4.75 Å². The minimum atomic E-state index is -3.40. The topological polar surface area (TPSA) is 60.2 Å². The number of thiophene rings is 1. The van der Waals surface area contributed by atoms with E-state index in [1.807, 2.05) is 17.5 Å². The molecule has 1 aromatic heterocycles. The lowest BCUT2D eigenvalue weighted by Gasteiger charge is -2.08. The third-order valence-electron chi connectivity index (χ3n) is 2.22. The molecule has 0 bridgehead atoms. The van der Waals surface area contributed by atoms with Gasteiger partial charge < -0.3 is 0 Å². The molecule has 3 nitrogen and oxygen atoms in total. The lowest BCUT2D eigenvalue weighted by Crippen LogP contribution is -2.27. The van der Waals surface area contributed by atoms with Gasteiger partial charge in [-0.05, 0) is 24.3 Å². The molecule has 2 rings (SSSR count). The van der Waals surface area contributed by atoms with Gasteiger partial charge in [0, 0.05) is 4.88 Å². The molecule has 0 saturated heterocycles. The van der Waals surface area contributed by atoms with E-state index in [4.69, 9.17) is 5.14 Å². The van der Waals surface area contributed by atoms with E-state index in [2.05, 4.69) is 0 Å². The Morgan fingerprint density at radius 2 is 2.17 bits per heavy atom. The standard InChI is InChI=1S/C7H9NO2S2/c8-12(9,10)7(3-4-7)6-2-1-5-11-6/h1-2,5H,3-4H2,(H2,8,9,10). The Hall–Kier alpha value is -0.390. The Morgan fingerprint density at radius 3 is 2.50 bits per heavy atom. The summed E-state index contributed by atoms with van der Waals surface area (Å²) in [4.78, 5) is 0.880. The number of primary sulfonamides is 1. The summed E-state index contributed by atoms with van der Waals surface area (Å²) in [6, 6.07) is 3.69. The second kappa shape index (κ2) is 2.31. The third kappa shape index (κ3) is 1.01. The van der Waals surface area contributed by atoms with Gasteiger partial charge in [0.25, 0.3) is 0 Å². The molecule has 1 aliphatic carbocycles. The van der Waals surface area contributed by atoms with Gasteiger partial charge >= 0.3 is 0 Å². The van der Waals surface area contributed by atoms with Crippen molar-refractivity contribution in [2.24, 2.45) is 5.14 Å². The second-order valence-corrected chi connectivity index (χ2v) is 5.84. The van der Waals surface area contributed by atoms with Crippen LogP contribution in [0.5, 0.6) is 0 Å². The highest BCUT2D eigenvalue weighted by Gasteiger charge is 2.55. The molecule has 1 saturated carbocycles. The van der Waals surface area contributed by atoms with E-state index in [0.717, 1.165) is 4.88 Å². The van der Waals surface area contributed by atoms with Crippen molar-refractivity contribution in [3.05, 3.63) is 22.4 Å². The lowest BCUT2D eigenvalue weighted by atomic mass is 10.3. The van der Waals surface area contributed by atoms with Crippen LogP contribution in [0, 0.1) is 0 Å². The number of hydrogen-bond donors (Lipinski definition) is 1. The van der Waals surface area contributed by atoms with E-state index in [1.165, 1.54) is 11.3 Å². The van der Waals surface area contributed by atoms with Gasteiger partial charge in [-0.2, -0.15) is 0 Å². The fraction of sp³-hybridized carbons (Fsp3) is 0.429. The van der Waals surface area contributed by atoms with Crippen LogP contribution in [0.4, 0.5) is 0 Å². The van der Waals surface area contributed by atoms with E-state index in [9.17, 15) is 8.42 Å². The summed E-state index contributed by atoms with van der Waals surface area (Å²) >= 11 is 1.46. The highest BCUT2D eigenvalue weighted by molar-refractivity contribution is 7.90. The summed E-state index contributed by atoms with van der Waals surface area (Å²) in [5, 5.41) is 7.02. The van der Waals surface area contributed by atoms with E-state index in [0.29, 0.717) is 12.8 Å². The first-order valence-corrected chi connectivity index (χ1v) is 6.05. The van der Waals surface area contributed by atoms with E-state index >= 15 is 0 Å². The molecule has 0 spiro atoms. The van der Waals surface area contributed by atoms with Crippen molar-refractivity contribution in [3.8, 4) is 0 Å². The van der Waals surface area contributed by atoms with Crippen molar-refractivity contribution < 1.29 is 8.42 Å². The van der Waals surface area contributed by atoms with Gasteiger partial charge in [-0.15, -0.1) is 11.3 Å². The molecule has 0 atom stereocenters. The van der Waals surface area contributed by atoms with Crippen molar-refractivity contribution in [1.82, 2.24) is 0 Å². The van der Waals surface area contributed by atoms with Crippen LogP contribution in [0.15, 0.2) is 17.5 Å². The fourth-order valence-electron chi connectivity index (χ4n) is 1.32. The van der Waals surface area contributed by atoms with Crippen LogP contribution in [0.2, 0.25) is 0 Å². The molecule has 0 amide bonds. The molecule has 0 unspecified atom stereocenters. The maximum absolute atomic E-state index is 11.2. The molecule has 1 heterocycles. The van der Waals surface area contributed by atoms with Crippen molar-refractivity contribution in [2.45, 2.75) is 17.6 Å². The monoisotopic (exact) mass is 203 g/mol. The quantitative estimate of drug-likeness (QED) is 0.780. The zero-order valence-electron chi connectivity index (χ0n) is 6.36. The van der Waals surface area contributed by atoms with Crippen LogP contribution in [0.1, 0.15) is 17.7 Å². The van der Waals surface area contributed by atoms with E-state index in [-0.39, 0.29) is 0 Å². The Morgan fingerprint density at radius 1 is 1.50 bits per heavy atom. The number of rotatable bonds is 2. The van der Waals surface area contributed by atoms with Crippen molar-refractivity contribution >= 4 is 21.4 Å². The first kappa shape index (κ1) is 8.22. The zero-order valence-corrected chi connectivity index (χ0v) is 7.99. The summed E-state index contributed by atoms with van der Waals surface area (Å²) < 4.78 is 21.7. The molecule has 2 N–H and O–H groups in total. The normalized spacial score (nSPS) is 20.8. The molecule has 12 heavy (non-hydrogen) atoms. The van der Waals surface area contributed by atoms with Gasteiger partial charge in [-0.25, -0.2) is 13.6 Å². The van der Waals surface area contributed by atoms with Crippen LogP contribution in [-0.2, 0) is 14.8 Å². The van der Waals surface area contributed by atoms with Crippen LogP contribution in [0.25, 0.3) is 0 Å². The molecule has 0 aliphatic heterocycles. The maximum atomic E-state index is 11.2. The maximum Gasteiger partial charge on any atom is 0.219 e. The summed E-state index contributed by atoms with van der Waals surface area (Å²) in [6.07, 6.45) is 1.35. The predicted octanol–water partition coefficient (Wildman–Crippen LogP) is 1.03. The average molecular weight is 203 g/mol. The lowest BCUT2D eigenvalue weighted by molar-refractivity contribution is 0.583. The Balaban J connectivity index is 2.49. The van der Waals surface area contributed by atoms with Gasteiger partial charge in [-0.3, -0.25) is 0 Å². The van der Waals surface area contributed by atoms with Crippen molar-refractivity contribution in [2.75, 3.05) is 0 Å². The fourth-order valence-corrected chi connectivity index (χ4v) is 3.71. The number of sulfonamides is 1. The Kier molecular flexibility index (Phi) is 1.58. The van der Waals surface area contributed by atoms with Crippen LogP contribution >= 0.6 is 11.3 Å². The molecule has 66 valence electrons. The minimum Gasteiger partial charge on any atom is -0.228 e. The minimum absolute atomic E-state index is 0.673. The SMILES string of the molecule is NS(=O)(=O)C1(c2cccs2)CC1. The predicted molar refractivity (Wildman–Crippen MR) is 48.3 cm³/mol. The largest absolute Gasteiger partial charge is 0.228 e. The highest BCUT2D eigenvalue weighted by atomic mass is 32.2. The van der Waals surface area contributed by atoms with Crippen LogP contribution < -0.4 is 5.14 Å². The molecule has 0 radical (unpaired) electrons. The summed E-state index contributed by atoms with van der Waals surface area (Å²) in [5.74, 6) is 0. The van der Waals surface area contributed by atoms with Gasteiger partial charge in [0.2, 0.25) is 10.0 Å². The van der Waals surface area contributed by atoms with Gasteiger partial charge in [0.15, 0.2) is 0 Å². The Labute approximate surface area is 75.3 Å². The highest BCUT2D eigenvalue weighted by Crippen LogP contribution is 2.52. The molecular weight excluding hydrogens is 194 g/mol. The molecule has 1 aromatic rings. The van der Waals surface area contributed by atoms with Crippen LogP contribution in [0.3, 0.4) is 0 Å². The first-order valence-electron chi connectivity index (χ1n) is 3.63.